The largest absolute Gasteiger partial charge is 0.572 e. The Kier molecular flexibility index (Phi) is 2.25. The number of ketones is 1. The minimum absolute atomic E-state index is 0.164. The molecule has 0 spiro atoms. The fourth-order valence-electron chi connectivity index (χ4n) is 1.62. The third-order valence-electron chi connectivity index (χ3n) is 2.25. The highest BCUT2D eigenvalue weighted by Gasteiger charge is 2.40. The molecule has 2 aliphatic rings. The third kappa shape index (κ3) is 1.93. The Morgan fingerprint density at radius 1 is 1.31 bits per heavy atom. The zero-order valence-corrected chi connectivity index (χ0v) is 7.80. The van der Waals surface area contributed by atoms with Crippen LogP contribution in [0.3, 0.4) is 0 Å². The molecule has 1 aliphatic heterocycles. The van der Waals surface area contributed by atoms with Crippen molar-refractivity contribution in [1.29, 1.82) is 0 Å². The van der Waals surface area contributed by atoms with E-state index in [0.717, 1.165) is 6.08 Å². The van der Waals surface area contributed by atoms with Crippen molar-refractivity contribution in [2.24, 2.45) is 0 Å². The second kappa shape index (κ2) is 3.36. The smallest absolute Gasteiger partial charge is 0.410 e. The Labute approximate surface area is 87.8 Å². The number of hydrogen-bond donors (Lipinski definition) is 1. The summed E-state index contributed by atoms with van der Waals surface area (Å²) in [6.07, 6.45) is -2.69. The number of Topliss-reactive ketones (excluding diaryl/α,β-unsaturated/α-hetero) is 1. The van der Waals surface area contributed by atoms with Crippen LogP contribution in [0.1, 0.15) is 6.42 Å². The van der Waals surface area contributed by atoms with Gasteiger partial charge in [-0.25, -0.2) is 0 Å². The summed E-state index contributed by atoms with van der Waals surface area (Å²) in [5.74, 6) is -1.82. The highest BCUT2D eigenvalue weighted by molar-refractivity contribution is 6.45. The Hall–Kier alpha value is -1.79. The SMILES string of the molecule is O=C1NC2CC(OC(F)(F)F)=CC=C2C1=O. The summed E-state index contributed by atoms with van der Waals surface area (Å²) >= 11 is 0. The molecule has 0 aromatic rings. The molecule has 1 fully saturated rings. The number of rotatable bonds is 1. The first-order valence-corrected chi connectivity index (χ1v) is 4.38. The topological polar surface area (TPSA) is 55.4 Å². The van der Waals surface area contributed by atoms with Crippen molar-refractivity contribution >= 4 is 11.7 Å². The Balaban J connectivity index is 2.15. The third-order valence-corrected chi connectivity index (χ3v) is 2.25. The van der Waals surface area contributed by atoms with E-state index in [0.29, 0.717) is 0 Å². The maximum absolute atomic E-state index is 11.9. The quantitative estimate of drug-likeness (QED) is 0.681. The highest BCUT2D eigenvalue weighted by Crippen LogP contribution is 2.29. The van der Waals surface area contributed by atoms with Crippen molar-refractivity contribution < 1.29 is 27.5 Å². The molecule has 16 heavy (non-hydrogen) atoms. The van der Waals surface area contributed by atoms with Crippen LogP contribution in [0.2, 0.25) is 0 Å². The van der Waals surface area contributed by atoms with E-state index in [-0.39, 0.29) is 17.8 Å². The molecule has 7 heteroatoms. The maximum Gasteiger partial charge on any atom is 0.572 e. The van der Waals surface area contributed by atoms with Gasteiger partial charge in [-0.1, -0.05) is 0 Å². The molecule has 86 valence electrons. The lowest BCUT2D eigenvalue weighted by Crippen LogP contribution is -2.29. The number of carbonyl (C=O) groups excluding carboxylic acids is 2. The van der Waals surface area contributed by atoms with E-state index < -0.39 is 24.1 Å². The van der Waals surface area contributed by atoms with Gasteiger partial charge in [0, 0.05) is 12.0 Å². The second-order valence-electron chi connectivity index (χ2n) is 3.36. The van der Waals surface area contributed by atoms with Gasteiger partial charge in [0.15, 0.2) is 0 Å². The molecule has 1 saturated heterocycles. The minimum atomic E-state index is -4.76. The summed E-state index contributed by atoms with van der Waals surface area (Å²) in [4.78, 5) is 22.1. The molecule has 1 amide bonds. The van der Waals surface area contributed by atoms with E-state index in [1.165, 1.54) is 6.08 Å². The van der Waals surface area contributed by atoms with Crippen molar-refractivity contribution in [2.45, 2.75) is 18.8 Å². The lowest BCUT2D eigenvalue weighted by Gasteiger charge is -2.19. The average Bonchev–Trinajstić information content (AvgIpc) is 2.40. The molecular formula is C9H6F3NO3. The van der Waals surface area contributed by atoms with Crippen LogP contribution in [0.15, 0.2) is 23.5 Å². The van der Waals surface area contributed by atoms with Crippen molar-refractivity contribution in [3.05, 3.63) is 23.5 Å². The summed E-state index contributed by atoms with van der Waals surface area (Å²) in [5.41, 5.74) is 0.180. The first-order chi connectivity index (χ1) is 7.37. The zero-order valence-electron chi connectivity index (χ0n) is 7.80. The number of carbonyl (C=O) groups is 2. The first kappa shape index (κ1) is 10.7. The van der Waals surface area contributed by atoms with Crippen LogP contribution in [0, 0.1) is 0 Å². The predicted octanol–water partition coefficient (Wildman–Crippen LogP) is 0.804. The van der Waals surface area contributed by atoms with Gasteiger partial charge in [0.25, 0.3) is 5.91 Å². The lowest BCUT2D eigenvalue weighted by molar-refractivity contribution is -0.306. The van der Waals surface area contributed by atoms with Gasteiger partial charge in [0.05, 0.1) is 6.04 Å². The van der Waals surface area contributed by atoms with Crippen molar-refractivity contribution in [1.82, 2.24) is 5.32 Å². The van der Waals surface area contributed by atoms with Gasteiger partial charge in [-0.2, -0.15) is 0 Å². The summed E-state index contributed by atoms with van der Waals surface area (Å²) in [6, 6.07) is -0.706. The molecule has 0 bridgehead atoms. The zero-order chi connectivity index (χ0) is 11.9. The molecule has 1 unspecified atom stereocenters. The minimum Gasteiger partial charge on any atom is -0.410 e. The normalized spacial score (nSPS) is 24.6. The maximum atomic E-state index is 11.9. The molecule has 0 saturated carbocycles. The van der Waals surface area contributed by atoms with Crippen LogP contribution in [0.25, 0.3) is 0 Å². The first-order valence-electron chi connectivity index (χ1n) is 4.38. The molecule has 0 aromatic carbocycles. The number of amides is 1. The van der Waals surface area contributed by atoms with Crippen LogP contribution < -0.4 is 5.32 Å². The van der Waals surface area contributed by atoms with Crippen LogP contribution in [0.4, 0.5) is 13.2 Å². The molecule has 2 rings (SSSR count). The average molecular weight is 233 g/mol. The van der Waals surface area contributed by atoms with Crippen LogP contribution >= 0.6 is 0 Å². The molecule has 1 N–H and O–H groups in total. The molecule has 0 radical (unpaired) electrons. The van der Waals surface area contributed by atoms with E-state index in [1.54, 1.807) is 0 Å². The molecule has 1 heterocycles. The molecule has 1 aliphatic carbocycles. The van der Waals surface area contributed by atoms with E-state index in [9.17, 15) is 22.8 Å². The number of nitrogens with one attached hydrogen (secondary N) is 1. The monoisotopic (exact) mass is 233 g/mol. The predicted molar refractivity (Wildman–Crippen MR) is 44.9 cm³/mol. The van der Waals surface area contributed by atoms with Gasteiger partial charge in [-0.15, -0.1) is 13.2 Å². The highest BCUT2D eigenvalue weighted by atomic mass is 19.4. The Morgan fingerprint density at radius 2 is 2.00 bits per heavy atom. The lowest BCUT2D eigenvalue weighted by atomic mass is 9.98. The van der Waals surface area contributed by atoms with E-state index in [2.05, 4.69) is 10.1 Å². The fraction of sp³-hybridized carbons (Fsp3) is 0.333. The standard InChI is InChI=1S/C9H6F3NO3/c10-9(11,12)16-4-1-2-5-6(3-4)13-8(15)7(5)14/h1-2,6H,3H2,(H,13,15). The number of hydrogen-bond acceptors (Lipinski definition) is 3. The van der Waals surface area contributed by atoms with Gasteiger partial charge < -0.3 is 10.1 Å². The van der Waals surface area contributed by atoms with Crippen molar-refractivity contribution in [3.63, 3.8) is 0 Å². The molecule has 0 aromatic heterocycles. The van der Waals surface area contributed by atoms with Crippen molar-refractivity contribution in [2.75, 3.05) is 0 Å². The second-order valence-corrected chi connectivity index (χ2v) is 3.36. The van der Waals surface area contributed by atoms with Gasteiger partial charge in [-0.3, -0.25) is 9.59 Å². The van der Waals surface area contributed by atoms with E-state index in [1.807, 2.05) is 0 Å². The van der Waals surface area contributed by atoms with Crippen molar-refractivity contribution in [3.8, 4) is 0 Å². The van der Waals surface area contributed by atoms with Gasteiger partial charge in [-0.05, 0) is 12.2 Å². The number of ether oxygens (including phenoxy) is 1. The van der Waals surface area contributed by atoms with Crippen LogP contribution in [-0.4, -0.2) is 24.1 Å². The summed E-state index contributed by atoms with van der Waals surface area (Å²) in [7, 11) is 0. The number of halogens is 3. The number of allylic oxidation sites excluding steroid dienone is 2. The van der Waals surface area contributed by atoms with Gasteiger partial charge >= 0.3 is 6.36 Å². The number of fused-ring (bicyclic) bond motifs is 1. The van der Waals surface area contributed by atoms with Gasteiger partial charge in [0.1, 0.15) is 5.76 Å². The van der Waals surface area contributed by atoms with E-state index in [4.69, 9.17) is 0 Å². The van der Waals surface area contributed by atoms with Crippen LogP contribution in [-0.2, 0) is 14.3 Å². The van der Waals surface area contributed by atoms with E-state index >= 15 is 0 Å². The Morgan fingerprint density at radius 3 is 2.62 bits per heavy atom. The number of alkyl halides is 3. The van der Waals surface area contributed by atoms with Gasteiger partial charge in [0.2, 0.25) is 5.78 Å². The van der Waals surface area contributed by atoms with Crippen LogP contribution in [0.5, 0.6) is 0 Å². The summed E-state index contributed by atoms with van der Waals surface area (Å²) in [6.45, 7) is 0. The Bertz CT molecular complexity index is 422. The fourth-order valence-corrected chi connectivity index (χ4v) is 1.62. The summed E-state index contributed by atoms with van der Waals surface area (Å²) in [5, 5.41) is 2.28. The summed E-state index contributed by atoms with van der Waals surface area (Å²) < 4.78 is 39.4. The molecule has 1 atom stereocenters. The molecule has 4 nitrogen and oxygen atoms in total. The molecular weight excluding hydrogens is 227 g/mol.